The number of carbonyl (C=O) groups excluding carboxylic acids is 1. The average Bonchev–Trinajstić information content (AvgIpc) is 3.09. The van der Waals surface area contributed by atoms with E-state index in [1.165, 1.54) is 11.0 Å². The molecule has 8 nitrogen and oxygen atoms in total. The highest BCUT2D eigenvalue weighted by atomic mass is 16.5. The van der Waals surface area contributed by atoms with Gasteiger partial charge in [0.25, 0.3) is 5.91 Å². The molecule has 1 aromatic heterocycles. The van der Waals surface area contributed by atoms with Crippen molar-refractivity contribution >= 4 is 5.91 Å². The number of rotatable bonds is 8. The molecule has 23 heavy (non-hydrogen) atoms. The van der Waals surface area contributed by atoms with E-state index in [-0.39, 0.29) is 5.91 Å². The topological polar surface area (TPSA) is 76.4 Å². The zero-order valence-electron chi connectivity index (χ0n) is 13.7. The fourth-order valence-electron chi connectivity index (χ4n) is 2.08. The summed E-state index contributed by atoms with van der Waals surface area (Å²) in [5.41, 5.74) is 1.35. The van der Waals surface area contributed by atoms with Gasteiger partial charge in [-0.1, -0.05) is 6.07 Å². The summed E-state index contributed by atoms with van der Waals surface area (Å²) >= 11 is 0. The molecule has 0 saturated heterocycles. The highest BCUT2D eigenvalue weighted by Crippen LogP contribution is 2.11. The first kappa shape index (κ1) is 17.0. The maximum atomic E-state index is 12.8. The summed E-state index contributed by atoms with van der Waals surface area (Å²) in [6.07, 6.45) is 1.50. The van der Waals surface area contributed by atoms with E-state index in [0.29, 0.717) is 25.3 Å². The molecule has 1 amide bonds. The van der Waals surface area contributed by atoms with Crippen molar-refractivity contribution in [2.45, 2.75) is 0 Å². The highest BCUT2D eigenvalue weighted by Gasteiger charge is 2.16. The Labute approximate surface area is 135 Å². The van der Waals surface area contributed by atoms with Crippen LogP contribution in [0.15, 0.2) is 30.6 Å². The van der Waals surface area contributed by atoms with Gasteiger partial charge in [0.15, 0.2) is 0 Å². The Kier molecular flexibility index (Phi) is 6.19. The molecule has 0 aliphatic carbocycles. The van der Waals surface area contributed by atoms with Crippen molar-refractivity contribution < 1.29 is 9.53 Å². The van der Waals surface area contributed by atoms with E-state index < -0.39 is 0 Å². The molecule has 0 unspecified atom stereocenters. The molecular weight excluding hydrogens is 296 g/mol. The third-order valence-corrected chi connectivity index (χ3v) is 3.38. The molecule has 1 heterocycles. The molecule has 0 spiro atoms. The van der Waals surface area contributed by atoms with E-state index in [4.69, 9.17) is 4.74 Å². The summed E-state index contributed by atoms with van der Waals surface area (Å²) in [6, 6.07) is 7.26. The van der Waals surface area contributed by atoms with Gasteiger partial charge in [-0.15, -0.1) is 5.10 Å². The summed E-state index contributed by atoms with van der Waals surface area (Å²) in [5, 5.41) is 11.1. The fraction of sp³-hybridized carbons (Fsp3) is 0.467. The number of benzene rings is 1. The Balaban J connectivity index is 2.16. The second kappa shape index (κ2) is 8.35. The van der Waals surface area contributed by atoms with Crippen LogP contribution in [-0.2, 0) is 4.74 Å². The first-order valence-electron chi connectivity index (χ1n) is 7.38. The Morgan fingerprint density at radius 2 is 2.09 bits per heavy atom. The van der Waals surface area contributed by atoms with E-state index >= 15 is 0 Å². The maximum Gasteiger partial charge on any atom is 0.254 e. The van der Waals surface area contributed by atoms with Gasteiger partial charge < -0.3 is 14.5 Å². The number of amides is 1. The average molecular weight is 318 g/mol. The number of tetrazole rings is 1. The van der Waals surface area contributed by atoms with E-state index in [9.17, 15) is 4.79 Å². The van der Waals surface area contributed by atoms with Crippen molar-refractivity contribution in [1.82, 2.24) is 30.0 Å². The molecule has 8 heteroatoms. The number of likely N-dealkylation sites (N-methyl/N-ethyl adjacent to an activating group) is 1. The normalized spacial score (nSPS) is 11.0. The van der Waals surface area contributed by atoms with Crippen LogP contribution in [0.4, 0.5) is 0 Å². The minimum absolute atomic E-state index is 0.0289. The predicted molar refractivity (Wildman–Crippen MR) is 85.5 cm³/mol. The third kappa shape index (κ3) is 4.83. The summed E-state index contributed by atoms with van der Waals surface area (Å²) in [4.78, 5) is 16.6. The van der Waals surface area contributed by atoms with Crippen LogP contribution < -0.4 is 0 Å². The summed E-state index contributed by atoms with van der Waals surface area (Å²) in [5.74, 6) is -0.0289. The molecule has 0 radical (unpaired) electrons. The third-order valence-electron chi connectivity index (χ3n) is 3.38. The van der Waals surface area contributed by atoms with Crippen molar-refractivity contribution in [2.24, 2.45) is 0 Å². The van der Waals surface area contributed by atoms with Gasteiger partial charge >= 0.3 is 0 Å². The molecule has 0 saturated carbocycles. The SMILES string of the molecule is COCCN(CCN(C)C)C(=O)c1cccc(-n2cnnn2)c1. The monoisotopic (exact) mass is 318 g/mol. The highest BCUT2D eigenvalue weighted by molar-refractivity contribution is 5.94. The molecule has 0 N–H and O–H groups in total. The van der Waals surface area contributed by atoms with E-state index in [1.54, 1.807) is 24.1 Å². The lowest BCUT2D eigenvalue weighted by Gasteiger charge is -2.24. The van der Waals surface area contributed by atoms with Gasteiger partial charge in [0.2, 0.25) is 0 Å². The molecule has 0 fully saturated rings. The number of nitrogens with zero attached hydrogens (tertiary/aromatic N) is 6. The van der Waals surface area contributed by atoms with Gasteiger partial charge in [-0.05, 0) is 42.7 Å². The lowest BCUT2D eigenvalue weighted by atomic mass is 10.1. The van der Waals surface area contributed by atoms with E-state index in [1.807, 2.05) is 31.1 Å². The molecule has 2 rings (SSSR count). The number of aromatic nitrogens is 4. The minimum atomic E-state index is -0.0289. The molecule has 0 bridgehead atoms. The predicted octanol–water partition coefficient (Wildman–Crippen LogP) is 0.313. The van der Waals surface area contributed by atoms with Crippen LogP contribution in [0.1, 0.15) is 10.4 Å². The van der Waals surface area contributed by atoms with Gasteiger partial charge in [0.1, 0.15) is 6.33 Å². The van der Waals surface area contributed by atoms with Crippen LogP contribution >= 0.6 is 0 Å². The van der Waals surface area contributed by atoms with Crippen LogP contribution in [0, 0.1) is 0 Å². The van der Waals surface area contributed by atoms with Crippen LogP contribution in [0.5, 0.6) is 0 Å². The van der Waals surface area contributed by atoms with E-state index in [0.717, 1.165) is 12.2 Å². The fourth-order valence-corrected chi connectivity index (χ4v) is 2.08. The molecule has 0 aliphatic rings. The smallest absolute Gasteiger partial charge is 0.254 e. The zero-order valence-corrected chi connectivity index (χ0v) is 13.7. The van der Waals surface area contributed by atoms with Crippen LogP contribution in [0.25, 0.3) is 5.69 Å². The molecular formula is C15H22N6O2. The van der Waals surface area contributed by atoms with Gasteiger partial charge in [-0.3, -0.25) is 4.79 Å². The van der Waals surface area contributed by atoms with Gasteiger partial charge in [-0.2, -0.15) is 0 Å². The lowest BCUT2D eigenvalue weighted by Crippen LogP contribution is -2.38. The lowest BCUT2D eigenvalue weighted by molar-refractivity contribution is 0.0683. The Bertz CT molecular complexity index is 614. The van der Waals surface area contributed by atoms with Gasteiger partial charge in [0, 0.05) is 32.3 Å². The minimum Gasteiger partial charge on any atom is -0.383 e. The number of ether oxygens (including phenoxy) is 1. The number of hydrogen-bond donors (Lipinski definition) is 0. The standard InChI is InChI=1S/C15H22N6O2/c1-19(2)7-8-20(9-10-23-3)15(22)13-5-4-6-14(11-13)21-12-16-17-18-21/h4-6,11-12H,7-10H2,1-3H3. The van der Waals surface area contributed by atoms with E-state index in [2.05, 4.69) is 15.5 Å². The Morgan fingerprint density at radius 1 is 1.26 bits per heavy atom. The Hall–Kier alpha value is -2.32. The molecule has 1 aromatic carbocycles. The molecule has 0 aliphatic heterocycles. The number of methoxy groups -OCH3 is 1. The largest absolute Gasteiger partial charge is 0.383 e. The second-order valence-corrected chi connectivity index (χ2v) is 5.39. The van der Waals surface area contributed by atoms with Crippen molar-refractivity contribution in [3.63, 3.8) is 0 Å². The van der Waals surface area contributed by atoms with Crippen LogP contribution in [0.3, 0.4) is 0 Å². The summed E-state index contributed by atoms with van der Waals surface area (Å²) in [6.45, 7) is 2.50. The summed E-state index contributed by atoms with van der Waals surface area (Å²) in [7, 11) is 5.60. The molecule has 2 aromatic rings. The zero-order chi connectivity index (χ0) is 16.7. The van der Waals surface area contributed by atoms with Crippen molar-refractivity contribution in [3.05, 3.63) is 36.2 Å². The van der Waals surface area contributed by atoms with Crippen LogP contribution in [0.2, 0.25) is 0 Å². The Morgan fingerprint density at radius 3 is 2.74 bits per heavy atom. The first-order valence-corrected chi connectivity index (χ1v) is 7.38. The number of hydrogen-bond acceptors (Lipinski definition) is 6. The molecule has 124 valence electrons. The van der Waals surface area contributed by atoms with Crippen molar-refractivity contribution in [2.75, 3.05) is 47.4 Å². The van der Waals surface area contributed by atoms with Gasteiger partial charge in [-0.25, -0.2) is 4.68 Å². The number of carbonyl (C=O) groups is 1. The molecule has 0 atom stereocenters. The maximum absolute atomic E-state index is 12.8. The second-order valence-electron chi connectivity index (χ2n) is 5.39. The van der Waals surface area contributed by atoms with Crippen LogP contribution in [-0.4, -0.2) is 83.4 Å². The quantitative estimate of drug-likeness (QED) is 0.697. The van der Waals surface area contributed by atoms with Crippen molar-refractivity contribution in [1.29, 1.82) is 0 Å². The van der Waals surface area contributed by atoms with Crippen molar-refractivity contribution in [3.8, 4) is 5.69 Å². The summed E-state index contributed by atoms with van der Waals surface area (Å²) < 4.78 is 6.63. The van der Waals surface area contributed by atoms with Gasteiger partial charge in [0.05, 0.1) is 12.3 Å². The first-order chi connectivity index (χ1) is 11.1.